The smallest absolute Gasteiger partial charge is 0.312 e. The van der Waals surface area contributed by atoms with Gasteiger partial charge in [0.1, 0.15) is 6.10 Å². The molecule has 3 aliphatic rings. The zero-order valence-corrected chi connectivity index (χ0v) is 13.8. The third kappa shape index (κ3) is 2.95. The number of rotatable bonds is 3. The van der Waals surface area contributed by atoms with Gasteiger partial charge in [0.25, 0.3) is 0 Å². The van der Waals surface area contributed by atoms with E-state index < -0.39 is 11.4 Å². The summed E-state index contributed by atoms with van der Waals surface area (Å²) in [6.45, 7) is 9.98. The molecule has 4 unspecified atom stereocenters. The minimum Gasteiger partial charge on any atom is -0.481 e. The second-order valence-corrected chi connectivity index (χ2v) is 8.33. The van der Waals surface area contributed by atoms with Crippen LogP contribution in [0, 0.1) is 28.6 Å². The quantitative estimate of drug-likeness (QED) is 0.810. The van der Waals surface area contributed by atoms with Gasteiger partial charge in [0.15, 0.2) is 0 Å². The van der Waals surface area contributed by atoms with Crippen molar-refractivity contribution in [3.05, 3.63) is 0 Å². The van der Waals surface area contributed by atoms with Gasteiger partial charge in [-0.1, -0.05) is 20.8 Å². The van der Waals surface area contributed by atoms with E-state index in [1.54, 1.807) is 0 Å². The summed E-state index contributed by atoms with van der Waals surface area (Å²) in [5.74, 6) is -0.697. The number of hydrogen-bond donors (Lipinski definition) is 1. The minimum absolute atomic E-state index is 0.0894. The summed E-state index contributed by atoms with van der Waals surface area (Å²) in [7, 11) is 0. The molecule has 0 amide bonds. The number of fused-ring (bicyclic) bond motifs is 3. The van der Waals surface area contributed by atoms with E-state index in [1.165, 1.54) is 0 Å². The van der Waals surface area contributed by atoms with Gasteiger partial charge >= 0.3 is 11.9 Å². The fraction of sp³-hybridized carbons (Fsp3) is 0.882. The van der Waals surface area contributed by atoms with Gasteiger partial charge in [-0.05, 0) is 56.8 Å². The minimum atomic E-state index is -0.690. The molecule has 0 aromatic rings. The summed E-state index contributed by atoms with van der Waals surface area (Å²) in [4.78, 5) is 23.8. The summed E-state index contributed by atoms with van der Waals surface area (Å²) in [6, 6.07) is 0. The topological polar surface area (TPSA) is 63.6 Å². The molecule has 3 fully saturated rings. The van der Waals surface area contributed by atoms with Gasteiger partial charge in [-0.2, -0.15) is 0 Å². The van der Waals surface area contributed by atoms with Crippen LogP contribution in [0.15, 0.2) is 0 Å². The molecule has 0 aromatic heterocycles. The number of ether oxygens (including phenoxy) is 1. The number of carbonyl (C=O) groups is 2. The molecule has 4 atom stereocenters. The van der Waals surface area contributed by atoms with Crippen molar-refractivity contribution in [3.63, 3.8) is 0 Å². The van der Waals surface area contributed by atoms with E-state index in [2.05, 4.69) is 0 Å². The van der Waals surface area contributed by atoms with Crippen molar-refractivity contribution >= 4 is 11.9 Å². The molecule has 0 saturated heterocycles. The Morgan fingerprint density at radius 1 is 1.00 bits per heavy atom. The Balaban J connectivity index is 2.03. The standard InChI is InChI=1S/C17H28O4/c1-16(2,3)17(4,5)15(20)21-13-9-10-6-7-11(13)8-12(10)14(18)19/h10-13H,6-9H2,1-5H3,(H,18,19). The summed E-state index contributed by atoms with van der Waals surface area (Å²) in [5, 5.41) is 9.26. The molecule has 2 bridgehead atoms. The average Bonchev–Trinajstić information content (AvgIpc) is 2.37. The van der Waals surface area contributed by atoms with E-state index in [9.17, 15) is 14.7 Å². The molecule has 3 rings (SSSR count). The predicted molar refractivity (Wildman–Crippen MR) is 79.7 cm³/mol. The first-order valence-corrected chi connectivity index (χ1v) is 7.98. The van der Waals surface area contributed by atoms with Crippen LogP contribution in [0.3, 0.4) is 0 Å². The van der Waals surface area contributed by atoms with Crippen molar-refractivity contribution in [2.24, 2.45) is 28.6 Å². The fourth-order valence-electron chi connectivity index (χ4n) is 3.41. The summed E-state index contributed by atoms with van der Waals surface area (Å²) in [5.41, 5.74) is -0.711. The molecule has 0 aromatic carbocycles. The first kappa shape index (κ1) is 16.3. The lowest BCUT2D eigenvalue weighted by Gasteiger charge is -2.46. The molecule has 0 spiro atoms. The highest BCUT2D eigenvalue weighted by molar-refractivity contribution is 5.77. The molecule has 4 nitrogen and oxygen atoms in total. The predicted octanol–water partition coefficient (Wildman–Crippen LogP) is 3.49. The summed E-state index contributed by atoms with van der Waals surface area (Å²) >= 11 is 0. The Kier molecular flexibility index (Phi) is 4.11. The SMILES string of the molecule is CC(C)(C)C(C)(C)C(=O)OC1CC2CCC1CC2C(=O)O. The highest BCUT2D eigenvalue weighted by Crippen LogP contribution is 2.47. The summed E-state index contributed by atoms with van der Waals surface area (Å²) < 4.78 is 5.81. The van der Waals surface area contributed by atoms with E-state index in [1.807, 2.05) is 34.6 Å². The number of esters is 1. The largest absolute Gasteiger partial charge is 0.481 e. The van der Waals surface area contributed by atoms with Gasteiger partial charge in [0, 0.05) is 0 Å². The average molecular weight is 296 g/mol. The molecule has 21 heavy (non-hydrogen) atoms. The number of carbonyl (C=O) groups excluding carboxylic acids is 1. The van der Waals surface area contributed by atoms with Gasteiger partial charge in [0.2, 0.25) is 0 Å². The van der Waals surface area contributed by atoms with E-state index in [4.69, 9.17) is 4.74 Å². The molecule has 3 saturated carbocycles. The van der Waals surface area contributed by atoms with Gasteiger partial charge in [-0.25, -0.2) is 0 Å². The normalized spacial score (nSPS) is 32.8. The molecular formula is C17H28O4. The monoisotopic (exact) mass is 296 g/mol. The molecule has 1 N–H and O–H groups in total. The van der Waals surface area contributed by atoms with Crippen LogP contribution in [-0.2, 0) is 14.3 Å². The van der Waals surface area contributed by atoms with Crippen LogP contribution < -0.4 is 0 Å². The molecule has 3 aliphatic carbocycles. The van der Waals surface area contributed by atoms with Crippen LogP contribution >= 0.6 is 0 Å². The van der Waals surface area contributed by atoms with Crippen molar-refractivity contribution < 1.29 is 19.4 Å². The van der Waals surface area contributed by atoms with Crippen molar-refractivity contribution in [1.29, 1.82) is 0 Å². The van der Waals surface area contributed by atoms with Crippen LogP contribution in [0.5, 0.6) is 0 Å². The van der Waals surface area contributed by atoms with Crippen LogP contribution in [0.25, 0.3) is 0 Å². The van der Waals surface area contributed by atoms with Crippen LogP contribution in [0.1, 0.15) is 60.3 Å². The fourth-order valence-corrected chi connectivity index (χ4v) is 3.41. The Morgan fingerprint density at radius 2 is 1.57 bits per heavy atom. The molecule has 4 heteroatoms. The molecule has 0 radical (unpaired) electrons. The van der Waals surface area contributed by atoms with Gasteiger partial charge in [-0.3, -0.25) is 9.59 Å². The van der Waals surface area contributed by atoms with Crippen molar-refractivity contribution in [2.45, 2.75) is 66.4 Å². The number of hydrogen-bond acceptors (Lipinski definition) is 3. The van der Waals surface area contributed by atoms with E-state index in [0.717, 1.165) is 12.8 Å². The van der Waals surface area contributed by atoms with Gasteiger partial charge in [0.05, 0.1) is 11.3 Å². The lowest BCUT2D eigenvalue weighted by molar-refractivity contribution is -0.178. The molecule has 0 heterocycles. The third-order valence-electron chi connectivity index (χ3n) is 6.06. The maximum atomic E-state index is 12.5. The van der Waals surface area contributed by atoms with Gasteiger partial charge in [-0.15, -0.1) is 0 Å². The lowest BCUT2D eigenvalue weighted by atomic mass is 9.63. The summed E-state index contributed by atoms with van der Waals surface area (Å²) in [6.07, 6.45) is 3.23. The molecule has 0 aliphatic heterocycles. The van der Waals surface area contributed by atoms with Crippen LogP contribution in [0.2, 0.25) is 0 Å². The maximum Gasteiger partial charge on any atom is 0.312 e. The maximum absolute atomic E-state index is 12.5. The highest BCUT2D eigenvalue weighted by Gasteiger charge is 2.48. The second-order valence-electron chi connectivity index (χ2n) is 8.33. The zero-order valence-electron chi connectivity index (χ0n) is 13.8. The Labute approximate surface area is 127 Å². The third-order valence-corrected chi connectivity index (χ3v) is 6.06. The van der Waals surface area contributed by atoms with Gasteiger partial charge < -0.3 is 9.84 Å². The van der Waals surface area contributed by atoms with Crippen molar-refractivity contribution in [3.8, 4) is 0 Å². The number of carboxylic acid groups (broad SMARTS) is 1. The van der Waals surface area contributed by atoms with Crippen molar-refractivity contribution in [2.75, 3.05) is 0 Å². The highest BCUT2D eigenvalue weighted by atomic mass is 16.5. The first-order valence-electron chi connectivity index (χ1n) is 7.98. The molecule has 120 valence electrons. The number of aliphatic carboxylic acids is 1. The first-order chi connectivity index (χ1) is 9.54. The lowest BCUT2D eigenvalue weighted by Crippen LogP contribution is -2.48. The van der Waals surface area contributed by atoms with E-state index in [0.29, 0.717) is 12.8 Å². The Morgan fingerprint density at radius 3 is 2.00 bits per heavy atom. The van der Waals surface area contributed by atoms with Crippen LogP contribution in [-0.4, -0.2) is 23.1 Å². The molecular weight excluding hydrogens is 268 g/mol. The van der Waals surface area contributed by atoms with Crippen LogP contribution in [0.4, 0.5) is 0 Å². The van der Waals surface area contributed by atoms with Crippen molar-refractivity contribution in [1.82, 2.24) is 0 Å². The second kappa shape index (κ2) is 5.29. The Hall–Kier alpha value is -1.06. The zero-order chi connectivity index (χ0) is 16.0. The van der Waals surface area contributed by atoms with E-state index >= 15 is 0 Å². The Bertz CT molecular complexity index is 433. The van der Waals surface area contributed by atoms with E-state index in [-0.39, 0.29) is 35.2 Å². The number of carboxylic acids is 1.